The molecule has 0 aliphatic carbocycles. The first-order chi connectivity index (χ1) is 5.13. The van der Waals surface area contributed by atoms with E-state index in [1.54, 1.807) is 14.2 Å². The van der Waals surface area contributed by atoms with E-state index in [0.29, 0.717) is 5.76 Å². The number of rotatable bonds is 4. The molecule has 4 heteroatoms. The number of methoxy groups -OCH3 is 2. The summed E-state index contributed by atoms with van der Waals surface area (Å²) in [6.07, 6.45) is 1.48. The molecule has 3 nitrogen and oxygen atoms in total. The fraction of sp³-hybridized carbons (Fsp3) is 0.714. The molecule has 66 valence electrons. The highest BCUT2D eigenvalue weighted by molar-refractivity contribution is 6.21. The third kappa shape index (κ3) is 3.49. The molecule has 0 saturated carbocycles. The molecule has 0 radical (unpaired) electrons. The van der Waals surface area contributed by atoms with Crippen LogP contribution < -0.4 is 0 Å². The van der Waals surface area contributed by atoms with Crippen LogP contribution in [0, 0.1) is 0 Å². The Morgan fingerprint density at radius 3 is 2.27 bits per heavy atom. The van der Waals surface area contributed by atoms with E-state index in [0.717, 1.165) is 0 Å². The van der Waals surface area contributed by atoms with Gasteiger partial charge in [-0.05, 0) is 14.1 Å². The van der Waals surface area contributed by atoms with Crippen LogP contribution >= 0.6 is 11.6 Å². The van der Waals surface area contributed by atoms with E-state index in [9.17, 15) is 0 Å². The van der Waals surface area contributed by atoms with Gasteiger partial charge >= 0.3 is 0 Å². The van der Waals surface area contributed by atoms with Crippen molar-refractivity contribution in [1.82, 2.24) is 4.90 Å². The average Bonchev–Trinajstić information content (AvgIpc) is 1.98. The minimum atomic E-state index is -0.278. The second-order valence-corrected chi connectivity index (χ2v) is 2.67. The molecule has 0 N–H and O–H groups in total. The van der Waals surface area contributed by atoms with Gasteiger partial charge in [0.05, 0.1) is 14.2 Å². The van der Waals surface area contributed by atoms with Gasteiger partial charge in [-0.1, -0.05) is 11.6 Å². The van der Waals surface area contributed by atoms with Crippen LogP contribution in [0.1, 0.15) is 0 Å². The molecule has 0 heterocycles. The van der Waals surface area contributed by atoms with E-state index < -0.39 is 0 Å². The molecule has 0 aliphatic heterocycles. The second kappa shape index (κ2) is 5.27. The fourth-order valence-electron chi connectivity index (χ4n) is 0.572. The molecule has 0 aliphatic rings. The maximum absolute atomic E-state index is 5.91. The van der Waals surface area contributed by atoms with E-state index in [2.05, 4.69) is 0 Å². The number of ether oxygens (including phenoxy) is 2. The van der Waals surface area contributed by atoms with E-state index in [4.69, 9.17) is 21.1 Å². The first-order valence-electron chi connectivity index (χ1n) is 3.20. The lowest BCUT2D eigenvalue weighted by Gasteiger charge is -2.18. The van der Waals surface area contributed by atoms with Crippen molar-refractivity contribution in [2.45, 2.75) is 5.50 Å². The molecule has 1 unspecified atom stereocenters. The summed E-state index contributed by atoms with van der Waals surface area (Å²) in [7, 11) is 6.84. The van der Waals surface area contributed by atoms with Crippen molar-refractivity contribution in [2.75, 3.05) is 28.3 Å². The molecule has 0 fully saturated rings. The van der Waals surface area contributed by atoms with Gasteiger partial charge in [-0.3, -0.25) is 4.90 Å². The van der Waals surface area contributed by atoms with Gasteiger partial charge in [0.2, 0.25) is 0 Å². The van der Waals surface area contributed by atoms with Gasteiger partial charge < -0.3 is 9.47 Å². The summed E-state index contributed by atoms with van der Waals surface area (Å²) in [4.78, 5) is 1.82. The summed E-state index contributed by atoms with van der Waals surface area (Å²) in [5.74, 6) is 0.596. The van der Waals surface area contributed by atoms with Crippen LogP contribution in [0.2, 0.25) is 0 Å². The zero-order valence-corrected chi connectivity index (χ0v) is 8.05. The van der Waals surface area contributed by atoms with Crippen molar-refractivity contribution in [3.63, 3.8) is 0 Å². The number of hydrogen-bond acceptors (Lipinski definition) is 3. The van der Waals surface area contributed by atoms with Gasteiger partial charge in [0.1, 0.15) is 11.8 Å². The molecule has 0 saturated heterocycles. The Labute approximate surface area is 72.5 Å². The lowest BCUT2D eigenvalue weighted by Crippen LogP contribution is -2.25. The van der Waals surface area contributed by atoms with Crippen molar-refractivity contribution < 1.29 is 9.47 Å². The number of alkyl halides is 1. The minimum Gasteiger partial charge on any atom is -0.501 e. The average molecular weight is 180 g/mol. The van der Waals surface area contributed by atoms with Gasteiger partial charge in [0.15, 0.2) is 5.76 Å². The smallest absolute Gasteiger partial charge is 0.162 e. The van der Waals surface area contributed by atoms with Gasteiger partial charge in [0, 0.05) is 0 Å². The van der Waals surface area contributed by atoms with Crippen molar-refractivity contribution >= 4 is 11.6 Å². The third-order valence-electron chi connectivity index (χ3n) is 1.16. The van der Waals surface area contributed by atoms with Crippen molar-refractivity contribution in [3.8, 4) is 0 Å². The van der Waals surface area contributed by atoms with Crippen LogP contribution in [0.25, 0.3) is 0 Å². The lowest BCUT2D eigenvalue weighted by atomic mass is 10.5. The Balaban J connectivity index is 4.13. The monoisotopic (exact) mass is 179 g/mol. The van der Waals surface area contributed by atoms with Crippen LogP contribution in [-0.2, 0) is 9.47 Å². The molecular weight excluding hydrogens is 166 g/mol. The van der Waals surface area contributed by atoms with Crippen LogP contribution in [0.3, 0.4) is 0 Å². The first kappa shape index (κ1) is 10.6. The van der Waals surface area contributed by atoms with Gasteiger partial charge in [-0.15, -0.1) is 0 Å². The van der Waals surface area contributed by atoms with Crippen LogP contribution in [0.5, 0.6) is 0 Å². The fourth-order valence-corrected chi connectivity index (χ4v) is 0.713. The first-order valence-corrected chi connectivity index (χ1v) is 3.64. The third-order valence-corrected chi connectivity index (χ3v) is 1.76. The summed E-state index contributed by atoms with van der Waals surface area (Å²) >= 11 is 5.91. The predicted molar refractivity (Wildman–Crippen MR) is 45.4 cm³/mol. The number of hydrogen-bond donors (Lipinski definition) is 0. The summed E-state index contributed by atoms with van der Waals surface area (Å²) in [6, 6.07) is 0. The highest BCUT2D eigenvalue weighted by Crippen LogP contribution is 2.12. The number of likely N-dealkylation sites (N-methyl/N-ethyl adjacent to an activating group) is 1. The van der Waals surface area contributed by atoms with E-state index >= 15 is 0 Å². The van der Waals surface area contributed by atoms with Gasteiger partial charge in [-0.25, -0.2) is 0 Å². The molecule has 0 rings (SSSR count). The Hall–Kier alpha value is -0.410. The molecule has 1 atom stereocenters. The van der Waals surface area contributed by atoms with Crippen LogP contribution in [-0.4, -0.2) is 38.7 Å². The molecule has 0 amide bonds. The molecule has 0 bridgehead atoms. The Morgan fingerprint density at radius 2 is 2.00 bits per heavy atom. The SMILES string of the molecule is CO/C=C(\OC)C(Cl)N(C)C. The Morgan fingerprint density at radius 1 is 1.45 bits per heavy atom. The highest BCUT2D eigenvalue weighted by Gasteiger charge is 2.13. The number of nitrogens with zero attached hydrogens (tertiary/aromatic N) is 1. The minimum absolute atomic E-state index is 0.278. The number of halogens is 1. The Bertz CT molecular complexity index is 136. The zero-order valence-electron chi connectivity index (χ0n) is 7.30. The molecular formula is C7H14ClNO2. The summed E-state index contributed by atoms with van der Waals surface area (Å²) < 4.78 is 9.74. The lowest BCUT2D eigenvalue weighted by molar-refractivity contribution is 0.206. The molecule has 0 aromatic carbocycles. The largest absolute Gasteiger partial charge is 0.501 e. The zero-order chi connectivity index (χ0) is 8.85. The quantitative estimate of drug-likeness (QED) is 0.368. The molecule has 0 aromatic rings. The van der Waals surface area contributed by atoms with Crippen LogP contribution in [0.4, 0.5) is 0 Å². The Kier molecular flexibility index (Phi) is 5.07. The summed E-state index contributed by atoms with van der Waals surface area (Å²) in [5, 5.41) is 0. The van der Waals surface area contributed by atoms with E-state index in [-0.39, 0.29) is 5.50 Å². The maximum atomic E-state index is 5.91. The van der Waals surface area contributed by atoms with Gasteiger partial charge in [0.25, 0.3) is 0 Å². The molecule has 11 heavy (non-hydrogen) atoms. The maximum Gasteiger partial charge on any atom is 0.162 e. The normalized spacial score (nSPS) is 14.9. The summed E-state index contributed by atoms with van der Waals surface area (Å²) in [5.41, 5.74) is -0.278. The predicted octanol–water partition coefficient (Wildman–Crippen LogP) is 1.25. The van der Waals surface area contributed by atoms with Crippen molar-refractivity contribution in [3.05, 3.63) is 12.0 Å². The van der Waals surface area contributed by atoms with E-state index in [1.165, 1.54) is 6.26 Å². The topological polar surface area (TPSA) is 21.7 Å². The van der Waals surface area contributed by atoms with Gasteiger partial charge in [-0.2, -0.15) is 0 Å². The molecule has 0 spiro atoms. The van der Waals surface area contributed by atoms with Crippen LogP contribution in [0.15, 0.2) is 12.0 Å². The second-order valence-electron chi connectivity index (χ2n) is 2.26. The van der Waals surface area contributed by atoms with Crippen molar-refractivity contribution in [1.29, 1.82) is 0 Å². The highest BCUT2D eigenvalue weighted by atomic mass is 35.5. The standard InChI is InChI=1S/C7H14ClNO2/c1-9(2)7(8)6(11-4)5-10-3/h5,7H,1-4H3/b6-5-. The van der Waals surface area contributed by atoms with Crippen molar-refractivity contribution in [2.24, 2.45) is 0 Å². The molecule has 0 aromatic heterocycles. The van der Waals surface area contributed by atoms with E-state index in [1.807, 2.05) is 19.0 Å². The summed E-state index contributed by atoms with van der Waals surface area (Å²) in [6.45, 7) is 0.